The fraction of sp³-hybridized carbons (Fsp3) is 0.261. The highest BCUT2D eigenvalue weighted by molar-refractivity contribution is 9.10. The zero-order valence-electron chi connectivity index (χ0n) is 16.7. The molecule has 154 valence electrons. The summed E-state index contributed by atoms with van der Waals surface area (Å²) in [4.78, 5) is 39.1. The Labute approximate surface area is 182 Å². The fourth-order valence-corrected chi connectivity index (χ4v) is 4.17. The highest BCUT2D eigenvalue weighted by Gasteiger charge is 2.49. The number of carbonyl (C=O) groups is 2. The van der Waals surface area contributed by atoms with Gasteiger partial charge in [-0.15, -0.1) is 0 Å². The van der Waals surface area contributed by atoms with Gasteiger partial charge in [-0.1, -0.05) is 53.5 Å². The van der Waals surface area contributed by atoms with Crippen molar-refractivity contribution in [1.82, 2.24) is 10.2 Å². The molecule has 1 atom stereocenters. The Morgan fingerprint density at radius 2 is 1.80 bits per heavy atom. The summed E-state index contributed by atoms with van der Waals surface area (Å²) in [6.45, 7) is 3.80. The van der Waals surface area contributed by atoms with Gasteiger partial charge in [0.15, 0.2) is 0 Å². The van der Waals surface area contributed by atoms with Crippen LogP contribution in [0.5, 0.6) is 0 Å². The second kappa shape index (κ2) is 7.72. The highest BCUT2D eigenvalue weighted by atomic mass is 79.9. The number of carbonyl (C=O) groups excluding carboxylic acids is 2. The van der Waals surface area contributed by atoms with E-state index >= 15 is 0 Å². The SMILES string of the molecule is CCCc1ccc(C2(C)NC(=O)N(Cc3cc(=O)oc4cc(Br)ccc34)C2=O)cc1. The first kappa shape index (κ1) is 20.3. The van der Waals surface area contributed by atoms with E-state index in [2.05, 4.69) is 28.2 Å². The molecule has 4 rings (SSSR count). The van der Waals surface area contributed by atoms with E-state index in [9.17, 15) is 14.4 Å². The molecule has 1 N–H and O–H groups in total. The van der Waals surface area contributed by atoms with Gasteiger partial charge in [0.25, 0.3) is 5.91 Å². The van der Waals surface area contributed by atoms with Crippen molar-refractivity contribution in [3.8, 4) is 0 Å². The van der Waals surface area contributed by atoms with Crippen molar-refractivity contribution in [2.75, 3.05) is 0 Å². The molecule has 2 heterocycles. The Morgan fingerprint density at radius 3 is 2.50 bits per heavy atom. The number of fused-ring (bicyclic) bond motifs is 1. The Hall–Kier alpha value is -2.93. The van der Waals surface area contributed by atoms with E-state index in [0.29, 0.717) is 16.5 Å². The van der Waals surface area contributed by atoms with Crippen LogP contribution in [-0.4, -0.2) is 16.8 Å². The number of aryl methyl sites for hydroxylation is 1. The number of amides is 3. The lowest BCUT2D eigenvalue weighted by Crippen LogP contribution is -2.40. The summed E-state index contributed by atoms with van der Waals surface area (Å²) in [5.41, 5.74) is 1.18. The van der Waals surface area contributed by atoms with Crippen LogP contribution in [0, 0.1) is 0 Å². The number of nitrogens with one attached hydrogen (secondary N) is 1. The van der Waals surface area contributed by atoms with Gasteiger partial charge < -0.3 is 9.73 Å². The molecule has 3 aromatic rings. The quantitative estimate of drug-likeness (QED) is 0.442. The summed E-state index contributed by atoms with van der Waals surface area (Å²) in [6.07, 6.45) is 2.00. The summed E-state index contributed by atoms with van der Waals surface area (Å²) in [5.74, 6) is -0.353. The van der Waals surface area contributed by atoms with E-state index in [1.165, 1.54) is 11.6 Å². The monoisotopic (exact) mass is 468 g/mol. The standard InChI is InChI=1S/C23H21BrN2O4/c1-3-4-14-5-7-16(8-6-14)23(2)21(28)26(22(29)25-23)13-15-11-20(27)30-19-12-17(24)9-10-18(15)19/h5-12H,3-4,13H2,1-2H3,(H,25,29). The van der Waals surface area contributed by atoms with Crippen LogP contribution in [0.15, 0.2) is 62.2 Å². The first-order chi connectivity index (χ1) is 14.3. The number of imide groups is 1. The maximum absolute atomic E-state index is 13.3. The minimum Gasteiger partial charge on any atom is -0.423 e. The molecule has 0 aliphatic carbocycles. The normalized spacial score (nSPS) is 18.8. The Bertz CT molecular complexity index is 1200. The fourth-order valence-electron chi connectivity index (χ4n) is 3.83. The van der Waals surface area contributed by atoms with E-state index < -0.39 is 17.2 Å². The summed E-state index contributed by atoms with van der Waals surface area (Å²) in [7, 11) is 0. The van der Waals surface area contributed by atoms with Crippen LogP contribution in [0.3, 0.4) is 0 Å². The summed E-state index contributed by atoms with van der Waals surface area (Å²) in [5, 5.41) is 3.50. The Kier molecular flexibility index (Phi) is 5.24. The summed E-state index contributed by atoms with van der Waals surface area (Å²) < 4.78 is 6.02. The van der Waals surface area contributed by atoms with E-state index in [1.807, 2.05) is 30.3 Å². The Morgan fingerprint density at radius 1 is 1.07 bits per heavy atom. The third-order valence-corrected chi connectivity index (χ3v) is 5.96. The van der Waals surface area contributed by atoms with Gasteiger partial charge in [0.2, 0.25) is 0 Å². The van der Waals surface area contributed by atoms with Gasteiger partial charge >= 0.3 is 11.7 Å². The maximum Gasteiger partial charge on any atom is 0.336 e. The number of rotatable bonds is 5. The number of hydrogen-bond acceptors (Lipinski definition) is 4. The molecule has 6 nitrogen and oxygen atoms in total. The van der Waals surface area contributed by atoms with Crippen molar-refractivity contribution in [1.29, 1.82) is 0 Å². The van der Waals surface area contributed by atoms with Crippen LogP contribution in [0.25, 0.3) is 11.0 Å². The van der Waals surface area contributed by atoms with Gasteiger partial charge in [-0.25, -0.2) is 9.59 Å². The molecule has 1 fully saturated rings. The molecule has 30 heavy (non-hydrogen) atoms. The zero-order chi connectivity index (χ0) is 21.5. The molecule has 3 amide bonds. The van der Waals surface area contributed by atoms with Gasteiger partial charge in [0.1, 0.15) is 11.1 Å². The minimum atomic E-state index is -1.15. The predicted octanol–water partition coefficient (Wildman–Crippen LogP) is 4.48. The first-order valence-corrected chi connectivity index (χ1v) is 10.6. The third kappa shape index (κ3) is 3.54. The summed E-state index contributed by atoms with van der Waals surface area (Å²) >= 11 is 3.35. The van der Waals surface area contributed by atoms with Gasteiger partial charge in [-0.3, -0.25) is 9.69 Å². The van der Waals surface area contributed by atoms with Gasteiger partial charge in [0.05, 0.1) is 6.54 Å². The molecule has 7 heteroatoms. The third-order valence-electron chi connectivity index (χ3n) is 5.47. The van der Waals surface area contributed by atoms with E-state index in [1.54, 1.807) is 19.1 Å². The zero-order valence-corrected chi connectivity index (χ0v) is 18.3. The van der Waals surface area contributed by atoms with Crippen molar-refractivity contribution in [2.45, 2.75) is 38.8 Å². The minimum absolute atomic E-state index is 0.0160. The van der Waals surface area contributed by atoms with E-state index in [0.717, 1.165) is 27.8 Å². The average molecular weight is 469 g/mol. The van der Waals surface area contributed by atoms with Crippen molar-refractivity contribution in [2.24, 2.45) is 0 Å². The molecule has 1 aliphatic heterocycles. The second-order valence-corrected chi connectivity index (χ2v) is 8.54. The van der Waals surface area contributed by atoms with Crippen LogP contribution in [0.1, 0.15) is 37.0 Å². The molecule has 0 spiro atoms. The molecular weight excluding hydrogens is 448 g/mol. The highest BCUT2D eigenvalue weighted by Crippen LogP contribution is 2.31. The lowest BCUT2D eigenvalue weighted by molar-refractivity contribution is -0.131. The first-order valence-electron chi connectivity index (χ1n) is 9.77. The van der Waals surface area contributed by atoms with Crippen LogP contribution in [0.4, 0.5) is 4.79 Å². The summed E-state index contributed by atoms with van der Waals surface area (Å²) in [6, 6.07) is 13.9. The maximum atomic E-state index is 13.3. The number of hydrogen-bond donors (Lipinski definition) is 1. The molecule has 2 aromatic carbocycles. The molecule has 1 aromatic heterocycles. The molecule has 0 saturated carbocycles. The number of urea groups is 1. The van der Waals surface area contributed by atoms with E-state index in [-0.39, 0.29) is 12.5 Å². The van der Waals surface area contributed by atoms with Crippen molar-refractivity contribution < 1.29 is 14.0 Å². The number of nitrogens with zero attached hydrogens (tertiary/aromatic N) is 1. The lowest BCUT2D eigenvalue weighted by Gasteiger charge is -2.22. The number of halogens is 1. The van der Waals surface area contributed by atoms with Crippen LogP contribution in [0.2, 0.25) is 0 Å². The van der Waals surface area contributed by atoms with Crippen molar-refractivity contribution >= 4 is 38.8 Å². The molecule has 1 unspecified atom stereocenters. The van der Waals surface area contributed by atoms with Gasteiger partial charge in [-0.2, -0.15) is 0 Å². The molecule has 0 bridgehead atoms. The molecular formula is C23H21BrN2O4. The van der Waals surface area contributed by atoms with Gasteiger partial charge in [0, 0.05) is 15.9 Å². The Balaban J connectivity index is 1.67. The molecule has 1 aliphatic rings. The van der Waals surface area contributed by atoms with E-state index in [4.69, 9.17) is 4.42 Å². The largest absolute Gasteiger partial charge is 0.423 e. The second-order valence-electron chi connectivity index (χ2n) is 7.62. The molecule has 1 saturated heterocycles. The topological polar surface area (TPSA) is 79.6 Å². The van der Waals surface area contributed by atoms with Crippen molar-refractivity contribution in [3.63, 3.8) is 0 Å². The lowest BCUT2D eigenvalue weighted by atomic mass is 9.91. The predicted molar refractivity (Wildman–Crippen MR) is 117 cm³/mol. The molecule has 0 radical (unpaired) electrons. The van der Waals surface area contributed by atoms with Crippen LogP contribution < -0.4 is 10.9 Å². The van der Waals surface area contributed by atoms with Gasteiger partial charge in [-0.05, 0) is 48.2 Å². The number of benzene rings is 2. The smallest absolute Gasteiger partial charge is 0.336 e. The van der Waals surface area contributed by atoms with Crippen LogP contribution >= 0.6 is 15.9 Å². The van der Waals surface area contributed by atoms with Crippen molar-refractivity contribution in [3.05, 3.63) is 80.1 Å². The average Bonchev–Trinajstić information content (AvgIpc) is 2.92. The van der Waals surface area contributed by atoms with Crippen LogP contribution in [-0.2, 0) is 23.3 Å².